The van der Waals surface area contributed by atoms with Crippen LogP contribution in [0.2, 0.25) is 5.02 Å². The van der Waals surface area contributed by atoms with Crippen molar-refractivity contribution in [2.24, 2.45) is 5.92 Å². The van der Waals surface area contributed by atoms with Gasteiger partial charge in [-0.3, -0.25) is 4.79 Å². The lowest BCUT2D eigenvalue weighted by molar-refractivity contribution is 0.0735. The number of nitrogens with zero attached hydrogens (tertiary/aromatic N) is 3. The summed E-state index contributed by atoms with van der Waals surface area (Å²) in [6.45, 7) is 4.42. The lowest BCUT2D eigenvalue weighted by atomic mass is 10.1. The first-order chi connectivity index (χ1) is 14.6. The van der Waals surface area contributed by atoms with Crippen LogP contribution in [-0.4, -0.2) is 26.9 Å². The fourth-order valence-electron chi connectivity index (χ4n) is 4.24. The maximum Gasteiger partial charge on any atom is 0.254 e. The molecule has 2 heterocycles. The molecule has 1 aliphatic carbocycles. The Morgan fingerprint density at radius 3 is 2.87 bits per heavy atom. The average Bonchev–Trinajstić information content (AvgIpc) is 3.29. The third kappa shape index (κ3) is 4.01. The molecule has 0 radical (unpaired) electrons. The third-order valence-corrected chi connectivity index (χ3v) is 6.55. The quantitative estimate of drug-likeness (QED) is 0.528. The molecule has 0 N–H and O–H groups in total. The Labute approximate surface area is 182 Å². The molecule has 0 bridgehead atoms. The van der Waals surface area contributed by atoms with Gasteiger partial charge in [-0.05, 0) is 67.5 Å². The minimum Gasteiger partial charge on any atom is -0.334 e. The van der Waals surface area contributed by atoms with Crippen molar-refractivity contribution in [2.75, 3.05) is 6.54 Å². The molecule has 3 aromatic rings. The monoisotopic (exact) mass is 419 g/mol. The van der Waals surface area contributed by atoms with Crippen LogP contribution < -0.4 is 0 Å². The zero-order chi connectivity index (χ0) is 20.7. The Morgan fingerprint density at radius 1 is 1.23 bits per heavy atom. The second-order valence-electron chi connectivity index (χ2n) is 8.63. The second kappa shape index (κ2) is 7.92. The summed E-state index contributed by atoms with van der Waals surface area (Å²) in [6.07, 6.45) is 6.83. The average molecular weight is 420 g/mol. The van der Waals surface area contributed by atoms with Gasteiger partial charge in [-0.2, -0.15) is 0 Å². The van der Waals surface area contributed by atoms with Crippen molar-refractivity contribution in [3.8, 4) is 11.3 Å². The van der Waals surface area contributed by atoms with Crippen molar-refractivity contribution < 1.29 is 4.79 Å². The van der Waals surface area contributed by atoms with Gasteiger partial charge >= 0.3 is 0 Å². The Kier molecular flexibility index (Phi) is 5.11. The van der Waals surface area contributed by atoms with E-state index in [1.165, 1.54) is 25.1 Å². The van der Waals surface area contributed by atoms with E-state index in [4.69, 9.17) is 16.6 Å². The molecule has 4 nitrogen and oxygen atoms in total. The van der Waals surface area contributed by atoms with Crippen molar-refractivity contribution >= 4 is 17.5 Å². The maximum absolute atomic E-state index is 13.3. The van der Waals surface area contributed by atoms with Gasteiger partial charge in [0.2, 0.25) is 0 Å². The van der Waals surface area contributed by atoms with Crippen molar-refractivity contribution in [1.82, 2.24) is 14.5 Å². The number of aromatic nitrogens is 2. The molecule has 1 aliphatic heterocycles. The third-order valence-electron chi connectivity index (χ3n) is 6.12. The highest BCUT2D eigenvalue weighted by Crippen LogP contribution is 2.31. The maximum atomic E-state index is 13.3. The Hall–Kier alpha value is -2.59. The van der Waals surface area contributed by atoms with Crippen molar-refractivity contribution in [1.29, 1.82) is 0 Å². The fraction of sp³-hybridized carbons (Fsp3) is 0.360. The Bertz CT molecular complexity index is 1080. The highest BCUT2D eigenvalue weighted by molar-refractivity contribution is 6.31. The summed E-state index contributed by atoms with van der Waals surface area (Å²) in [5.41, 5.74) is 4.93. The normalized spacial score (nSPS) is 15.3. The van der Waals surface area contributed by atoms with Crippen LogP contribution in [0.15, 0.2) is 48.7 Å². The van der Waals surface area contributed by atoms with Gasteiger partial charge in [-0.15, -0.1) is 0 Å². The molecule has 154 valence electrons. The van der Waals surface area contributed by atoms with Crippen molar-refractivity contribution in [3.63, 3.8) is 0 Å². The Morgan fingerprint density at radius 2 is 2.10 bits per heavy atom. The first-order valence-corrected chi connectivity index (χ1v) is 11.2. The van der Waals surface area contributed by atoms with Crippen LogP contribution in [0, 0.1) is 12.8 Å². The van der Waals surface area contributed by atoms with Crippen molar-refractivity contribution in [2.45, 2.75) is 45.7 Å². The molecule has 30 heavy (non-hydrogen) atoms. The smallest absolute Gasteiger partial charge is 0.254 e. The van der Waals surface area contributed by atoms with E-state index in [-0.39, 0.29) is 5.91 Å². The van der Waals surface area contributed by atoms with Crippen LogP contribution in [0.4, 0.5) is 0 Å². The largest absolute Gasteiger partial charge is 0.334 e. The Balaban J connectivity index is 1.39. The molecule has 1 amide bonds. The molecule has 5 rings (SSSR count). The van der Waals surface area contributed by atoms with Gasteiger partial charge < -0.3 is 9.47 Å². The number of hydrogen-bond donors (Lipinski definition) is 0. The molecule has 0 spiro atoms. The van der Waals surface area contributed by atoms with Gasteiger partial charge in [0.15, 0.2) is 0 Å². The molecule has 1 saturated carbocycles. The number of hydrogen-bond acceptors (Lipinski definition) is 2. The number of aryl methyl sites for hydroxylation is 3. The second-order valence-corrected chi connectivity index (χ2v) is 9.04. The SMILES string of the molecule is Cc1cc(C(=O)N(Cc2cccc(-c3cn4c(n3)CCC4)c2)CC2CC2)ccc1Cl. The summed E-state index contributed by atoms with van der Waals surface area (Å²) in [5.74, 6) is 1.88. The van der Waals surface area contributed by atoms with Crippen LogP contribution in [0.25, 0.3) is 11.3 Å². The van der Waals surface area contributed by atoms with Crippen LogP contribution in [0.3, 0.4) is 0 Å². The van der Waals surface area contributed by atoms with Gasteiger partial charge in [0, 0.05) is 48.4 Å². The highest BCUT2D eigenvalue weighted by atomic mass is 35.5. The van der Waals surface area contributed by atoms with Crippen LogP contribution in [0.5, 0.6) is 0 Å². The molecule has 5 heteroatoms. The van der Waals surface area contributed by atoms with E-state index in [1.54, 1.807) is 0 Å². The molecule has 1 aromatic heterocycles. The van der Waals surface area contributed by atoms with E-state index in [0.29, 0.717) is 23.0 Å². The first kappa shape index (κ1) is 19.4. The number of carbonyl (C=O) groups is 1. The molecular formula is C25H26ClN3O. The summed E-state index contributed by atoms with van der Waals surface area (Å²) in [6, 6.07) is 14.0. The lowest BCUT2D eigenvalue weighted by Crippen LogP contribution is -2.32. The fourth-order valence-corrected chi connectivity index (χ4v) is 4.35. The number of fused-ring (bicyclic) bond motifs is 1. The highest BCUT2D eigenvalue weighted by Gasteiger charge is 2.27. The summed E-state index contributed by atoms with van der Waals surface area (Å²) in [7, 11) is 0. The van der Waals surface area contributed by atoms with E-state index in [1.807, 2.05) is 30.0 Å². The molecule has 2 aliphatic rings. The predicted octanol–water partition coefficient (Wildman–Crippen LogP) is 5.51. The minimum atomic E-state index is 0.0769. The van der Waals surface area contributed by atoms with Gasteiger partial charge in [-0.1, -0.05) is 29.8 Å². The van der Waals surface area contributed by atoms with Gasteiger partial charge in [-0.25, -0.2) is 4.98 Å². The lowest BCUT2D eigenvalue weighted by Gasteiger charge is -2.23. The standard InChI is InChI=1S/C25H26ClN3O/c1-17-12-21(9-10-22(17)26)25(30)29(14-18-7-8-18)15-19-4-2-5-20(13-19)23-16-28-11-3-6-24(28)27-23/h2,4-5,9-10,12-13,16,18H,3,6-8,11,14-15H2,1H3. The van der Waals surface area contributed by atoms with E-state index in [0.717, 1.165) is 41.9 Å². The number of rotatable bonds is 6. The molecule has 1 fully saturated rings. The van der Waals surface area contributed by atoms with Crippen LogP contribution >= 0.6 is 11.6 Å². The molecule has 0 atom stereocenters. The van der Waals surface area contributed by atoms with E-state index in [2.05, 4.69) is 35.0 Å². The zero-order valence-electron chi connectivity index (χ0n) is 17.3. The summed E-state index contributed by atoms with van der Waals surface area (Å²) in [4.78, 5) is 20.1. The number of halogens is 1. The molecule has 0 unspecified atom stereocenters. The number of benzene rings is 2. The van der Waals surface area contributed by atoms with E-state index in [9.17, 15) is 4.79 Å². The zero-order valence-corrected chi connectivity index (χ0v) is 18.0. The number of carbonyl (C=O) groups excluding carboxylic acids is 1. The predicted molar refractivity (Wildman–Crippen MR) is 120 cm³/mol. The van der Waals surface area contributed by atoms with Gasteiger partial charge in [0.25, 0.3) is 5.91 Å². The van der Waals surface area contributed by atoms with Crippen LogP contribution in [-0.2, 0) is 19.5 Å². The summed E-state index contributed by atoms with van der Waals surface area (Å²) >= 11 is 6.16. The van der Waals surface area contributed by atoms with Crippen LogP contribution in [0.1, 0.15) is 46.6 Å². The summed E-state index contributed by atoms with van der Waals surface area (Å²) in [5, 5.41) is 0.694. The molecule has 0 saturated heterocycles. The topological polar surface area (TPSA) is 38.1 Å². The molecule has 2 aromatic carbocycles. The van der Waals surface area contributed by atoms with Gasteiger partial charge in [0.05, 0.1) is 5.69 Å². The van der Waals surface area contributed by atoms with E-state index >= 15 is 0 Å². The molecular weight excluding hydrogens is 394 g/mol. The number of imidazole rings is 1. The first-order valence-electron chi connectivity index (χ1n) is 10.8. The van der Waals surface area contributed by atoms with Gasteiger partial charge in [0.1, 0.15) is 5.82 Å². The van der Waals surface area contributed by atoms with Crippen molar-refractivity contribution in [3.05, 3.63) is 76.2 Å². The number of amides is 1. The summed E-state index contributed by atoms with van der Waals surface area (Å²) < 4.78 is 2.26. The van der Waals surface area contributed by atoms with E-state index < -0.39 is 0 Å². The minimum absolute atomic E-state index is 0.0769.